The van der Waals surface area contributed by atoms with Crippen LogP contribution < -0.4 is 10.6 Å². The third kappa shape index (κ3) is 4.36. The Morgan fingerprint density at radius 2 is 2.08 bits per heavy atom. The second kappa shape index (κ2) is 8.24. The fourth-order valence-corrected chi connectivity index (χ4v) is 4.58. The number of carbonyl (C=O) groups is 1. The molecule has 0 bridgehead atoms. The number of benzene rings is 1. The third-order valence-corrected chi connectivity index (χ3v) is 6.14. The first-order chi connectivity index (χ1) is 12.1. The minimum Gasteiger partial charge on any atom is -0.308 e. The van der Waals surface area contributed by atoms with Crippen molar-refractivity contribution in [1.29, 1.82) is 0 Å². The van der Waals surface area contributed by atoms with E-state index in [9.17, 15) is 9.70 Å². The van der Waals surface area contributed by atoms with Gasteiger partial charge in [0.05, 0.1) is 0 Å². The van der Waals surface area contributed by atoms with Crippen molar-refractivity contribution in [3.63, 3.8) is 0 Å². The molecule has 0 saturated heterocycles. The molecular formula is C17H19IN4O2S. The van der Waals surface area contributed by atoms with Crippen molar-refractivity contribution in [3.05, 3.63) is 48.7 Å². The molecule has 8 heteroatoms. The Labute approximate surface area is 164 Å². The molecule has 0 saturated carbocycles. The number of amides is 2. The van der Waals surface area contributed by atoms with Crippen LogP contribution >= 0.6 is 33.9 Å². The van der Waals surface area contributed by atoms with Crippen molar-refractivity contribution in [1.82, 2.24) is 4.90 Å². The molecule has 6 nitrogen and oxygen atoms in total. The predicted octanol–water partition coefficient (Wildman–Crippen LogP) is 4.64. The number of halogens is 1. The zero-order valence-corrected chi connectivity index (χ0v) is 16.8. The number of likely N-dealkylation sites (N-methyl/N-ethyl adjacent to an activating group) is 1. The van der Waals surface area contributed by atoms with Gasteiger partial charge in [-0.1, -0.05) is 12.1 Å². The fraction of sp³-hybridized carbons (Fsp3) is 0.353. The number of carbonyl (C=O) groups excluding carboxylic acids is 1. The number of thiophene rings is 1. The van der Waals surface area contributed by atoms with Crippen LogP contribution in [0.4, 0.5) is 15.5 Å². The quantitative estimate of drug-likeness (QED) is 0.494. The van der Waals surface area contributed by atoms with E-state index >= 15 is 0 Å². The standard InChI is InChI=1S/C17H19IN4O2S/c1-2-22-8-7-13-14(9-19-24)16(25-15(13)10-22)21-17(23)20-12-5-3-11(18)4-6-12/h3-6H,2,7-10H2,1H3,(H2,20,21,23). The molecule has 0 fully saturated rings. The summed E-state index contributed by atoms with van der Waals surface area (Å²) < 4.78 is 1.11. The highest BCUT2D eigenvalue weighted by Gasteiger charge is 2.24. The Hall–Kier alpha value is -1.52. The van der Waals surface area contributed by atoms with Crippen molar-refractivity contribution in [2.45, 2.75) is 26.4 Å². The van der Waals surface area contributed by atoms with E-state index in [0.29, 0.717) is 0 Å². The van der Waals surface area contributed by atoms with E-state index in [1.165, 1.54) is 10.4 Å². The predicted molar refractivity (Wildman–Crippen MR) is 110 cm³/mol. The number of rotatable bonds is 5. The van der Waals surface area contributed by atoms with Crippen LogP contribution in [0, 0.1) is 8.48 Å². The lowest BCUT2D eigenvalue weighted by atomic mass is 10.0. The lowest BCUT2D eigenvalue weighted by Gasteiger charge is -2.25. The van der Waals surface area contributed by atoms with E-state index in [-0.39, 0.29) is 12.6 Å². The van der Waals surface area contributed by atoms with Crippen LogP contribution in [0.5, 0.6) is 0 Å². The average molecular weight is 470 g/mol. The Kier molecular flexibility index (Phi) is 6.02. The molecule has 0 unspecified atom stereocenters. The van der Waals surface area contributed by atoms with E-state index in [0.717, 1.165) is 45.9 Å². The van der Waals surface area contributed by atoms with Gasteiger partial charge in [-0.05, 0) is 65.4 Å². The molecule has 2 heterocycles. The van der Waals surface area contributed by atoms with Gasteiger partial charge in [-0.25, -0.2) is 4.79 Å². The summed E-state index contributed by atoms with van der Waals surface area (Å²) in [6.45, 7) is 5.06. The van der Waals surface area contributed by atoms with Crippen LogP contribution in [0.2, 0.25) is 0 Å². The molecule has 3 rings (SSSR count). The van der Waals surface area contributed by atoms with E-state index in [2.05, 4.69) is 50.2 Å². The van der Waals surface area contributed by atoms with Crippen molar-refractivity contribution in [2.24, 2.45) is 5.18 Å². The maximum absolute atomic E-state index is 12.3. The van der Waals surface area contributed by atoms with Crippen LogP contribution in [0.1, 0.15) is 22.9 Å². The maximum Gasteiger partial charge on any atom is 0.324 e. The van der Waals surface area contributed by atoms with Gasteiger partial charge >= 0.3 is 6.03 Å². The van der Waals surface area contributed by atoms with Gasteiger partial charge in [0.15, 0.2) is 0 Å². The second-order valence-electron chi connectivity index (χ2n) is 5.80. The molecule has 0 aliphatic carbocycles. The minimum atomic E-state index is -0.306. The number of anilines is 2. The molecule has 1 aliphatic rings. The Morgan fingerprint density at radius 3 is 2.76 bits per heavy atom. The zero-order valence-electron chi connectivity index (χ0n) is 13.8. The van der Waals surface area contributed by atoms with Crippen LogP contribution in [0.15, 0.2) is 29.4 Å². The summed E-state index contributed by atoms with van der Waals surface area (Å²) in [6.07, 6.45) is 0.894. The first-order valence-corrected chi connectivity index (χ1v) is 9.98. The number of hydrogen-bond donors (Lipinski definition) is 2. The number of hydrogen-bond acceptors (Lipinski definition) is 5. The Balaban J connectivity index is 1.77. The highest BCUT2D eigenvalue weighted by atomic mass is 127. The maximum atomic E-state index is 12.3. The van der Waals surface area contributed by atoms with Gasteiger partial charge in [0, 0.05) is 32.8 Å². The van der Waals surface area contributed by atoms with Gasteiger partial charge < -0.3 is 5.32 Å². The molecule has 0 radical (unpaired) electrons. The second-order valence-corrected chi connectivity index (χ2v) is 8.15. The zero-order chi connectivity index (χ0) is 17.8. The molecule has 2 amide bonds. The van der Waals surface area contributed by atoms with Crippen molar-refractivity contribution in [2.75, 3.05) is 23.7 Å². The molecule has 25 heavy (non-hydrogen) atoms. The molecule has 1 aliphatic heterocycles. The van der Waals surface area contributed by atoms with Gasteiger partial charge in [-0.3, -0.25) is 10.2 Å². The molecule has 1 aromatic carbocycles. The van der Waals surface area contributed by atoms with Gasteiger partial charge in [0.2, 0.25) is 0 Å². The summed E-state index contributed by atoms with van der Waals surface area (Å²) in [5.74, 6) is 0. The lowest BCUT2D eigenvalue weighted by Crippen LogP contribution is -2.29. The topological polar surface area (TPSA) is 73.8 Å². The number of urea groups is 1. The highest BCUT2D eigenvalue weighted by Crippen LogP contribution is 2.37. The summed E-state index contributed by atoms with van der Waals surface area (Å²) >= 11 is 3.77. The first kappa shape index (κ1) is 18.3. The normalized spacial score (nSPS) is 14.0. The number of fused-ring (bicyclic) bond motifs is 1. The molecule has 0 atom stereocenters. The van der Waals surface area contributed by atoms with Crippen molar-refractivity contribution < 1.29 is 4.79 Å². The van der Waals surface area contributed by atoms with Crippen molar-refractivity contribution >= 4 is 50.6 Å². The van der Waals surface area contributed by atoms with Crippen LogP contribution in [0.3, 0.4) is 0 Å². The first-order valence-electron chi connectivity index (χ1n) is 8.09. The van der Waals surface area contributed by atoms with Crippen molar-refractivity contribution in [3.8, 4) is 0 Å². The average Bonchev–Trinajstić information content (AvgIpc) is 2.93. The number of nitroso groups, excluding NO2 is 1. The van der Waals surface area contributed by atoms with Crippen LogP contribution in [0.25, 0.3) is 0 Å². The van der Waals surface area contributed by atoms with Gasteiger partial charge in [0.1, 0.15) is 11.5 Å². The molecule has 1 aromatic heterocycles. The molecule has 132 valence electrons. The molecule has 2 N–H and O–H groups in total. The SMILES string of the molecule is CCN1CCc2c(sc(NC(=O)Nc3ccc(I)cc3)c2CN=O)C1. The van der Waals surface area contributed by atoms with Gasteiger partial charge in [0.25, 0.3) is 0 Å². The third-order valence-electron chi connectivity index (χ3n) is 4.24. The van der Waals surface area contributed by atoms with E-state index in [4.69, 9.17) is 0 Å². The smallest absolute Gasteiger partial charge is 0.308 e. The van der Waals surface area contributed by atoms with E-state index < -0.39 is 0 Å². The highest BCUT2D eigenvalue weighted by molar-refractivity contribution is 14.1. The summed E-state index contributed by atoms with van der Waals surface area (Å²) in [7, 11) is 0. The number of nitrogens with one attached hydrogen (secondary N) is 2. The van der Waals surface area contributed by atoms with Gasteiger partial charge in [-0.2, -0.15) is 4.91 Å². The molecule has 2 aromatic rings. The summed E-state index contributed by atoms with van der Waals surface area (Å²) in [5, 5.41) is 9.50. The fourth-order valence-electron chi connectivity index (χ4n) is 2.92. The summed E-state index contributed by atoms with van der Waals surface area (Å²) in [5.41, 5.74) is 2.77. The molecular weight excluding hydrogens is 451 g/mol. The van der Waals surface area contributed by atoms with Crippen LogP contribution in [-0.4, -0.2) is 24.0 Å². The largest absolute Gasteiger partial charge is 0.324 e. The Morgan fingerprint density at radius 1 is 1.32 bits per heavy atom. The number of nitrogens with zero attached hydrogens (tertiary/aromatic N) is 2. The van der Waals surface area contributed by atoms with Crippen LogP contribution in [-0.2, 0) is 19.5 Å². The monoisotopic (exact) mass is 470 g/mol. The molecule has 0 spiro atoms. The Bertz CT molecular complexity index is 776. The van der Waals surface area contributed by atoms with E-state index in [1.54, 1.807) is 11.3 Å². The minimum absolute atomic E-state index is 0.0943. The summed E-state index contributed by atoms with van der Waals surface area (Å²) in [6, 6.07) is 7.27. The van der Waals surface area contributed by atoms with Gasteiger partial charge in [-0.15, -0.1) is 11.3 Å². The summed E-state index contributed by atoms with van der Waals surface area (Å²) in [4.78, 5) is 26.7. The lowest BCUT2D eigenvalue weighted by molar-refractivity contribution is 0.262. The van der Waals surface area contributed by atoms with E-state index in [1.807, 2.05) is 24.3 Å².